The average molecular weight is 556 g/mol. The number of H-pyrrole nitrogens is 1. The largest absolute Gasteiger partial charge is 0.420 e. The van der Waals surface area contributed by atoms with Gasteiger partial charge in [-0.15, -0.1) is 0 Å². The summed E-state index contributed by atoms with van der Waals surface area (Å²) in [5.74, 6) is -0.396. The summed E-state index contributed by atoms with van der Waals surface area (Å²) in [7, 11) is 0. The van der Waals surface area contributed by atoms with Crippen LogP contribution in [-0.2, 0) is 0 Å². The van der Waals surface area contributed by atoms with Gasteiger partial charge in [0.1, 0.15) is 12.1 Å². The number of alkyl halides is 3. The number of Topliss-reactive ketones (excluding diaryl/α,β-unsaturated/α-hetero) is 1. The zero-order chi connectivity index (χ0) is 28.3. The Balaban J connectivity index is 1.37. The maximum absolute atomic E-state index is 13.1. The van der Waals surface area contributed by atoms with Crippen molar-refractivity contribution in [3.05, 3.63) is 53.6 Å². The number of rotatable bonds is 5. The first-order chi connectivity index (χ1) is 19.0. The first-order valence-corrected chi connectivity index (χ1v) is 12.6. The van der Waals surface area contributed by atoms with Crippen LogP contribution in [0.3, 0.4) is 0 Å². The number of aromatic nitrogens is 7. The highest BCUT2D eigenvalue weighted by Gasteiger charge is 2.46. The number of nitrogens with one attached hydrogen (secondary N) is 1. The van der Waals surface area contributed by atoms with Crippen molar-refractivity contribution in [3.8, 4) is 11.1 Å². The second-order valence-electron chi connectivity index (χ2n) is 10.1. The van der Waals surface area contributed by atoms with Crippen LogP contribution in [0.2, 0.25) is 0 Å². The number of fused-ring (bicyclic) bond motifs is 3. The molecule has 0 aromatic carbocycles. The Labute approximate surface area is 224 Å². The van der Waals surface area contributed by atoms with Crippen LogP contribution in [0.4, 0.5) is 19.0 Å². The summed E-state index contributed by atoms with van der Waals surface area (Å²) in [6.45, 7) is 1.40. The van der Waals surface area contributed by atoms with Crippen LogP contribution in [0.25, 0.3) is 16.8 Å². The third-order valence-corrected chi connectivity index (χ3v) is 7.72. The summed E-state index contributed by atoms with van der Waals surface area (Å²) in [6.07, 6.45) is -0.891. The molecule has 1 amide bonds. The van der Waals surface area contributed by atoms with Crippen LogP contribution in [0.5, 0.6) is 0 Å². The molecule has 4 aromatic heterocycles. The SMILES string of the molecule is CC(=O)c1c(C2C[C@H]3CC[C@H](C2)N3C(=O)c2ncn[nH]2)nc2c(-c3ccc(C(O)C(F)(F)F)nc3)cnn2c1N. The molecule has 40 heavy (non-hydrogen) atoms. The van der Waals surface area contributed by atoms with Gasteiger partial charge >= 0.3 is 6.18 Å². The number of amides is 1. The van der Waals surface area contributed by atoms with Crippen molar-refractivity contribution < 1.29 is 27.9 Å². The van der Waals surface area contributed by atoms with Crippen LogP contribution in [0.1, 0.15) is 77.0 Å². The fourth-order valence-corrected chi connectivity index (χ4v) is 5.95. The first-order valence-electron chi connectivity index (χ1n) is 12.6. The Kier molecular flexibility index (Phi) is 6.05. The minimum Gasteiger partial charge on any atom is -0.383 e. The van der Waals surface area contributed by atoms with E-state index in [0.29, 0.717) is 35.3 Å². The summed E-state index contributed by atoms with van der Waals surface area (Å²) < 4.78 is 40.0. The number of aliphatic hydroxyl groups is 1. The van der Waals surface area contributed by atoms with E-state index in [2.05, 4.69) is 25.3 Å². The van der Waals surface area contributed by atoms with E-state index in [9.17, 15) is 27.9 Å². The number of halogens is 3. The van der Waals surface area contributed by atoms with E-state index >= 15 is 0 Å². The highest BCUT2D eigenvalue weighted by molar-refractivity contribution is 6.00. The van der Waals surface area contributed by atoms with E-state index in [0.717, 1.165) is 18.9 Å². The van der Waals surface area contributed by atoms with Gasteiger partial charge in [-0.25, -0.2) is 9.97 Å². The lowest BCUT2D eigenvalue weighted by atomic mass is 9.85. The van der Waals surface area contributed by atoms with Gasteiger partial charge in [-0.2, -0.15) is 27.9 Å². The molecule has 6 heterocycles. The second kappa shape index (κ2) is 9.36. The molecule has 0 radical (unpaired) electrons. The molecule has 0 spiro atoms. The lowest BCUT2D eigenvalue weighted by Crippen LogP contribution is -2.46. The van der Waals surface area contributed by atoms with Crippen molar-refractivity contribution in [3.63, 3.8) is 0 Å². The first kappa shape index (κ1) is 25.9. The van der Waals surface area contributed by atoms with Gasteiger partial charge in [-0.05, 0) is 38.7 Å². The van der Waals surface area contributed by atoms with Gasteiger partial charge in [0.05, 0.1) is 23.1 Å². The molecule has 3 atom stereocenters. The summed E-state index contributed by atoms with van der Waals surface area (Å²) in [4.78, 5) is 40.3. The fourth-order valence-electron chi connectivity index (χ4n) is 5.95. The molecule has 0 saturated carbocycles. The predicted molar refractivity (Wildman–Crippen MR) is 133 cm³/mol. The van der Waals surface area contributed by atoms with Crippen molar-refractivity contribution in [2.75, 3.05) is 5.73 Å². The van der Waals surface area contributed by atoms with E-state index in [4.69, 9.17) is 10.7 Å². The predicted octanol–water partition coefficient (Wildman–Crippen LogP) is 2.84. The highest BCUT2D eigenvalue weighted by atomic mass is 19.4. The minimum atomic E-state index is -4.85. The van der Waals surface area contributed by atoms with Gasteiger partial charge in [-0.1, -0.05) is 6.07 Å². The third-order valence-electron chi connectivity index (χ3n) is 7.72. The van der Waals surface area contributed by atoms with E-state index in [1.165, 1.54) is 36.2 Å². The number of anilines is 1. The Bertz CT molecular complexity index is 1590. The van der Waals surface area contributed by atoms with Crippen LogP contribution in [-0.4, -0.2) is 74.7 Å². The molecule has 2 aliphatic heterocycles. The van der Waals surface area contributed by atoms with Gasteiger partial charge < -0.3 is 15.7 Å². The smallest absolute Gasteiger partial charge is 0.383 e. The van der Waals surface area contributed by atoms with Crippen LogP contribution >= 0.6 is 0 Å². The van der Waals surface area contributed by atoms with Crippen molar-refractivity contribution in [2.24, 2.45) is 0 Å². The van der Waals surface area contributed by atoms with Gasteiger partial charge in [0.25, 0.3) is 5.91 Å². The van der Waals surface area contributed by atoms with E-state index in [1.54, 1.807) is 0 Å². The average Bonchev–Trinajstić information content (AvgIpc) is 3.65. The Morgan fingerprint density at radius 2 is 1.88 bits per heavy atom. The number of carbonyl (C=O) groups is 2. The van der Waals surface area contributed by atoms with E-state index < -0.39 is 18.0 Å². The number of hydrogen-bond acceptors (Lipinski definition) is 9. The summed E-state index contributed by atoms with van der Waals surface area (Å²) in [6, 6.07) is 2.31. The van der Waals surface area contributed by atoms with Crippen LogP contribution < -0.4 is 5.73 Å². The van der Waals surface area contributed by atoms with Crippen molar-refractivity contribution in [1.29, 1.82) is 0 Å². The Hall–Kier alpha value is -4.40. The highest BCUT2D eigenvalue weighted by Crippen LogP contribution is 2.45. The molecular weight excluding hydrogens is 531 g/mol. The maximum atomic E-state index is 13.1. The van der Waals surface area contributed by atoms with Crippen molar-refractivity contribution in [2.45, 2.75) is 62.9 Å². The summed E-state index contributed by atoms with van der Waals surface area (Å²) in [5.41, 5.74) is 7.83. The molecule has 2 aliphatic rings. The molecule has 2 fully saturated rings. The zero-order valence-electron chi connectivity index (χ0n) is 21.1. The van der Waals surface area contributed by atoms with Crippen molar-refractivity contribution >= 4 is 23.2 Å². The standard InChI is InChI=1S/C25H24F3N9O3/c1-11(38)18-19(13-6-14-3-4-15(7-13)36(14)24(40)22-31-10-32-35-22)34-23-16(9-33-37(23)21(18)29)12-2-5-17(30-8-12)20(39)25(26,27)28/h2,5,8-10,13-15,20,39H,3-4,6-7,29H2,1H3,(H,31,32,35)/t14-,15-,20?/m1/s1. The number of aromatic amines is 1. The molecule has 2 bridgehead atoms. The van der Waals surface area contributed by atoms with Gasteiger partial charge in [0.15, 0.2) is 17.5 Å². The number of aliphatic hydroxyl groups excluding tert-OH is 1. The molecule has 6 rings (SSSR count). The quantitative estimate of drug-likeness (QED) is 0.314. The molecule has 4 aromatic rings. The van der Waals surface area contributed by atoms with E-state index in [-0.39, 0.29) is 46.9 Å². The van der Waals surface area contributed by atoms with Gasteiger partial charge in [-0.3, -0.25) is 19.7 Å². The molecule has 1 unspecified atom stereocenters. The number of nitrogens with zero attached hydrogens (tertiary/aromatic N) is 7. The van der Waals surface area contributed by atoms with Crippen molar-refractivity contribution in [1.82, 2.24) is 39.7 Å². The molecule has 2 saturated heterocycles. The topological polar surface area (TPSA) is 168 Å². The van der Waals surface area contributed by atoms with E-state index in [1.807, 2.05) is 4.90 Å². The number of carbonyl (C=O) groups excluding carboxylic acids is 2. The number of pyridine rings is 1. The summed E-state index contributed by atoms with van der Waals surface area (Å²) >= 11 is 0. The fraction of sp³-hybridized carbons (Fsp3) is 0.400. The van der Waals surface area contributed by atoms with Crippen LogP contribution in [0, 0.1) is 0 Å². The Morgan fingerprint density at radius 1 is 1.15 bits per heavy atom. The second-order valence-corrected chi connectivity index (χ2v) is 10.1. The number of ketones is 1. The number of piperidine rings is 1. The van der Waals surface area contributed by atoms with Gasteiger partial charge in [0, 0.05) is 35.3 Å². The normalized spacial score (nSPS) is 21.6. The molecular formula is C25H24F3N9O3. The number of hydrogen-bond donors (Lipinski definition) is 3. The number of nitrogens with two attached hydrogens (primary N) is 1. The monoisotopic (exact) mass is 555 g/mol. The maximum Gasteiger partial charge on any atom is 0.420 e. The third kappa shape index (κ3) is 4.16. The summed E-state index contributed by atoms with van der Waals surface area (Å²) in [5, 5.41) is 20.2. The lowest BCUT2D eigenvalue weighted by Gasteiger charge is -2.38. The molecule has 15 heteroatoms. The zero-order valence-corrected chi connectivity index (χ0v) is 21.1. The lowest BCUT2D eigenvalue weighted by molar-refractivity contribution is -0.207. The minimum absolute atomic E-state index is 0.0819. The molecule has 0 aliphatic carbocycles. The molecule has 4 N–H and O–H groups in total. The molecule has 208 valence electrons. The van der Waals surface area contributed by atoms with Crippen LogP contribution in [0.15, 0.2) is 30.9 Å². The molecule has 12 nitrogen and oxygen atoms in total. The van der Waals surface area contributed by atoms with Gasteiger partial charge in [0.2, 0.25) is 5.82 Å². The number of nitrogen functional groups attached to an aromatic ring is 1. The Morgan fingerprint density at radius 3 is 2.45 bits per heavy atom.